The Balaban J connectivity index is 0.0000309. The fraction of sp³-hybridized carbons (Fsp3) is 0.613. The van der Waals surface area contributed by atoms with Crippen LogP contribution in [0.3, 0.4) is 0 Å². The molecule has 7 rings (SSSR count). The van der Waals surface area contributed by atoms with Gasteiger partial charge in [-0.3, -0.25) is 99.6 Å². The third-order valence-corrected chi connectivity index (χ3v) is 25.3. The van der Waals surface area contributed by atoms with Crippen molar-refractivity contribution in [3.05, 3.63) is 72.1 Å². The van der Waals surface area contributed by atoms with E-state index in [-0.39, 0.29) is 220 Å². The second-order valence-electron chi connectivity index (χ2n) is 36.7. The molecule has 0 radical (unpaired) electrons. The van der Waals surface area contributed by atoms with E-state index in [4.69, 9.17) is 72.6 Å². The summed E-state index contributed by atoms with van der Waals surface area (Å²) in [6, 6.07) is -6.35. The standard InChI is InChI=1S/C92H151N35O14.CH4/c1-7-51(5)71-83(138)118-62(30-17-39-108-89(98)99)76(131)122-67(46-53-48-112-57-25-11-9-23-55(53)57)80(135)115-59(27-13-14-36-93)73(128)114-61(29-16-38-107-88(96)97)75(130)121-66(45-50(3)4)79(134)116-60(28-15-37-106-87(94)95)74(129)120-65(33-20-42-111-92(104)105)85(140)127-44-22-35-70(127)86(141)126-43-21-34-69(126)82(137)123-68(47-54-49-113-58-26-12-10-24-56(54)58)81(136)117-63(31-18-40-109-90(100)101)77(132)124-72(52(6)8-2)84(139)119-64(78(133)125-71)32-19-41-110-91(102)103;/h9-12,23-26,48-52,59-72,112-113H,7-8,13-22,27-47,93H2,1-6H3,(H,114,128)(H,115,135)(H,116,134)(H,117,136)(H,118,138)(H,119,139)(H,120,129)(H,121,130)(H,122,131)(H,123,137)(H,124,132)(H,125,133)(H4,94,95,106)(H4,96,97,107)(H4,98,99,108)(H4,100,101,109)(H4,102,103,110)(H4,104,105,111);1H4. The second-order valence-corrected chi connectivity index (χ2v) is 36.7. The molecule has 16 unspecified atom stereocenters. The van der Waals surface area contributed by atoms with Gasteiger partial charge in [-0.05, 0) is 176 Å². The van der Waals surface area contributed by atoms with Crippen LogP contribution in [0.5, 0.6) is 0 Å². The Hall–Kier alpha value is -14.3. The van der Waals surface area contributed by atoms with Crippen LogP contribution in [0.4, 0.5) is 0 Å². The van der Waals surface area contributed by atoms with E-state index in [9.17, 15) is 0 Å². The predicted molar refractivity (Wildman–Crippen MR) is 540 cm³/mol. The summed E-state index contributed by atoms with van der Waals surface area (Å²) in [4.78, 5) is 225. The van der Waals surface area contributed by atoms with Gasteiger partial charge in [0.25, 0.3) is 0 Å². The number of carbonyl (C=O) groups excluding carboxylic acids is 14. The lowest BCUT2D eigenvalue weighted by atomic mass is 9.95. The van der Waals surface area contributed by atoms with E-state index in [0.717, 1.165) is 0 Å². The lowest BCUT2D eigenvalue weighted by Gasteiger charge is -2.34. The second kappa shape index (κ2) is 59.3. The van der Waals surface area contributed by atoms with Gasteiger partial charge in [-0.25, -0.2) is 0 Å². The average molecular weight is 1990 g/mol. The van der Waals surface area contributed by atoms with Gasteiger partial charge in [0.2, 0.25) is 82.7 Å². The number of fused-ring (bicyclic) bond motifs is 4. The van der Waals surface area contributed by atoms with Crippen molar-refractivity contribution in [2.45, 2.75) is 288 Å². The molecule has 3 aliphatic heterocycles. The number of carbonyl (C=O) groups is 14. The molecule has 3 saturated heterocycles. The Morgan fingerprint density at radius 1 is 0.345 bits per heavy atom. The highest BCUT2D eigenvalue weighted by atomic mass is 16.2. The van der Waals surface area contributed by atoms with Crippen LogP contribution in [0.15, 0.2) is 60.9 Å². The Morgan fingerprint density at radius 2 is 0.620 bits per heavy atom. The minimum Gasteiger partial charge on any atom is -0.370 e. The SMILES string of the molecule is C.CCC(C)C1NC(=O)C(CCCNC(=N)N)NC(=O)C(C(C)CC)NC(=O)C(CCCNC(=N)N)NC(=O)C(Cc2c[nH]c3ccccc23)NC(=O)C2CCCN2C(=O)C2CCCN2C(=O)C(CCCNC(=N)N)NC(=O)C(CCCNC(=N)N)NC(=O)C(CC(C)C)NC(=O)C(CCCNC(=N)N)NC(=O)C(CCCCN)NC(=O)C(Cc2c[nH]c3ccccc23)NC(=O)C(CCCNC(=N)N)NC1=O. The molecule has 2 aromatic heterocycles. The number of aromatic amines is 2. The molecular weight excluding hydrogens is 1830 g/mol. The molecule has 5 heterocycles. The molecule has 16 atom stereocenters. The molecule has 40 N–H and O–H groups in total. The Morgan fingerprint density at radius 3 is 0.958 bits per heavy atom. The number of benzene rings is 2. The Labute approximate surface area is 828 Å². The van der Waals surface area contributed by atoms with Crippen LogP contribution >= 0.6 is 0 Å². The summed E-state index contributed by atoms with van der Waals surface area (Å²) < 4.78 is 0. The van der Waals surface area contributed by atoms with Crippen molar-refractivity contribution in [2.24, 2.45) is 57.9 Å². The van der Waals surface area contributed by atoms with Crippen molar-refractivity contribution in [1.82, 2.24) is 115 Å². The number of nitrogens with zero attached hydrogens (tertiary/aromatic N) is 2. The molecule has 14 amide bonds. The first-order valence-corrected chi connectivity index (χ1v) is 48.8. The number of hydrogen-bond donors (Lipinski definition) is 33. The number of amides is 14. The smallest absolute Gasteiger partial charge is 0.246 e. The quantitative estimate of drug-likeness (QED) is 0.0119. The van der Waals surface area contributed by atoms with Gasteiger partial charge in [0.1, 0.15) is 84.6 Å². The molecule has 0 aliphatic carbocycles. The van der Waals surface area contributed by atoms with Crippen molar-refractivity contribution in [3.63, 3.8) is 0 Å². The zero-order valence-electron chi connectivity index (χ0n) is 81.6. The third-order valence-electron chi connectivity index (χ3n) is 25.3. The molecule has 786 valence electrons. The van der Waals surface area contributed by atoms with Gasteiger partial charge in [0, 0.05) is 99.4 Å². The molecule has 0 spiro atoms. The maximum absolute atomic E-state index is 15.6. The number of unbranched alkanes of at least 4 members (excludes halogenated alkanes) is 1. The highest BCUT2D eigenvalue weighted by Crippen LogP contribution is 2.29. The van der Waals surface area contributed by atoms with Crippen LogP contribution in [-0.2, 0) is 80.0 Å². The minimum absolute atomic E-state index is 0. The fourth-order valence-corrected chi connectivity index (χ4v) is 17.3. The van der Waals surface area contributed by atoms with Gasteiger partial charge >= 0.3 is 0 Å². The highest BCUT2D eigenvalue weighted by molar-refractivity contribution is 6.02. The largest absolute Gasteiger partial charge is 0.370 e. The van der Waals surface area contributed by atoms with Crippen molar-refractivity contribution in [1.29, 1.82) is 32.5 Å². The summed E-state index contributed by atoms with van der Waals surface area (Å²) in [6.45, 7) is 10.6. The van der Waals surface area contributed by atoms with Crippen molar-refractivity contribution in [3.8, 4) is 0 Å². The van der Waals surface area contributed by atoms with Crippen molar-refractivity contribution in [2.75, 3.05) is 58.9 Å². The number of guanidine groups is 6. The number of H-pyrrole nitrogens is 2. The van der Waals surface area contributed by atoms with Gasteiger partial charge in [-0.15, -0.1) is 0 Å². The van der Waals surface area contributed by atoms with Crippen LogP contribution in [0.1, 0.15) is 201 Å². The maximum atomic E-state index is 15.6. The number of para-hydroxylation sites is 2. The lowest BCUT2D eigenvalue weighted by molar-refractivity contribution is -0.148. The normalized spacial score (nSPS) is 23.4. The summed E-state index contributed by atoms with van der Waals surface area (Å²) >= 11 is 0. The summed E-state index contributed by atoms with van der Waals surface area (Å²) in [6.07, 6.45) is 3.74. The number of aromatic nitrogens is 2. The summed E-state index contributed by atoms with van der Waals surface area (Å²) in [7, 11) is 0. The number of nitrogens with one attached hydrogen (secondary N) is 26. The first-order chi connectivity index (χ1) is 67.2. The van der Waals surface area contributed by atoms with E-state index in [2.05, 4.69) is 106 Å². The lowest BCUT2D eigenvalue weighted by Crippen LogP contribution is -2.62. The Kier molecular flexibility index (Phi) is 48.6. The van der Waals surface area contributed by atoms with Gasteiger partial charge in [-0.1, -0.05) is 98.2 Å². The van der Waals surface area contributed by atoms with Crippen LogP contribution in [-0.4, -0.2) is 282 Å². The van der Waals surface area contributed by atoms with E-state index in [1.54, 1.807) is 102 Å². The van der Waals surface area contributed by atoms with E-state index < -0.39 is 215 Å². The van der Waals surface area contributed by atoms with Crippen LogP contribution in [0, 0.1) is 50.2 Å². The molecule has 3 aliphatic rings. The molecular formula is C93H155N35O14. The summed E-state index contributed by atoms with van der Waals surface area (Å²) in [5.41, 5.74) is 42.6. The molecule has 142 heavy (non-hydrogen) atoms. The average Bonchev–Trinajstić information content (AvgIpc) is 1.66. The number of hydrogen-bond acceptors (Lipinski definition) is 21. The molecule has 0 saturated carbocycles. The van der Waals surface area contributed by atoms with Crippen LogP contribution in [0.2, 0.25) is 0 Å². The molecule has 49 heteroatoms. The first-order valence-electron chi connectivity index (χ1n) is 48.8. The van der Waals surface area contributed by atoms with E-state index in [1.807, 2.05) is 0 Å². The number of nitrogens with two attached hydrogens (primary N) is 7. The van der Waals surface area contributed by atoms with E-state index in [0.29, 0.717) is 39.4 Å². The molecule has 2 aromatic carbocycles. The summed E-state index contributed by atoms with van der Waals surface area (Å²) in [5.74, 6) is -16.4. The molecule has 0 bridgehead atoms. The van der Waals surface area contributed by atoms with Crippen molar-refractivity contribution >= 4 is 140 Å². The molecule has 3 fully saturated rings. The van der Waals surface area contributed by atoms with E-state index >= 15 is 67.1 Å². The fourth-order valence-electron chi connectivity index (χ4n) is 17.3. The zero-order chi connectivity index (χ0) is 104. The molecule has 49 nitrogen and oxygen atoms in total. The first kappa shape index (κ1) is 116. The van der Waals surface area contributed by atoms with Gasteiger partial charge in [0.15, 0.2) is 35.8 Å². The van der Waals surface area contributed by atoms with Gasteiger partial charge < -0.3 is 156 Å². The van der Waals surface area contributed by atoms with Gasteiger partial charge in [0.05, 0.1) is 0 Å². The molecule has 4 aromatic rings. The minimum atomic E-state index is -1.59. The van der Waals surface area contributed by atoms with E-state index in [1.165, 1.54) is 9.80 Å². The predicted octanol–water partition coefficient (Wildman–Crippen LogP) is -3.27. The Bertz CT molecular complexity index is 4970. The highest BCUT2D eigenvalue weighted by Gasteiger charge is 2.46. The topological polar surface area (TPSA) is 819 Å². The van der Waals surface area contributed by atoms with Crippen LogP contribution < -0.4 is 136 Å². The summed E-state index contributed by atoms with van der Waals surface area (Å²) in [5, 5.41) is 98.7. The monoisotopic (exact) mass is 1990 g/mol. The third kappa shape index (κ3) is 37.4. The van der Waals surface area contributed by atoms with Gasteiger partial charge in [-0.2, -0.15) is 0 Å². The van der Waals surface area contributed by atoms with Crippen molar-refractivity contribution < 1.29 is 67.1 Å². The van der Waals surface area contributed by atoms with Crippen LogP contribution in [0.25, 0.3) is 21.8 Å². The zero-order valence-corrected chi connectivity index (χ0v) is 81.6. The number of rotatable bonds is 38. The maximum Gasteiger partial charge on any atom is 0.246 e.